The van der Waals surface area contributed by atoms with Gasteiger partial charge in [-0.15, -0.1) is 0 Å². The van der Waals surface area contributed by atoms with E-state index in [1.807, 2.05) is 88.4 Å². The van der Waals surface area contributed by atoms with Crippen molar-refractivity contribution >= 4 is 28.4 Å². The van der Waals surface area contributed by atoms with E-state index in [-0.39, 0.29) is 24.1 Å². The van der Waals surface area contributed by atoms with Gasteiger partial charge in [-0.05, 0) is 74.1 Å². The van der Waals surface area contributed by atoms with Crippen molar-refractivity contribution in [1.29, 1.82) is 5.26 Å². The number of rotatable bonds is 6. The molecule has 7 rings (SSSR count). The normalized spacial score (nSPS) is 16.4. The minimum atomic E-state index is -0.621. The molecule has 3 aromatic heterocycles. The average Bonchev–Trinajstić information content (AvgIpc) is 3.53. The van der Waals surface area contributed by atoms with Crippen molar-refractivity contribution < 1.29 is 14.3 Å². The second-order valence-corrected chi connectivity index (χ2v) is 11.9. The van der Waals surface area contributed by atoms with E-state index in [1.54, 1.807) is 11.0 Å². The maximum atomic E-state index is 13.9. The molecular formula is C36H34N6O3. The molecule has 0 atom stereocenters. The van der Waals surface area contributed by atoms with Crippen LogP contribution in [0.4, 0.5) is 0 Å². The molecule has 0 N–H and O–H groups in total. The van der Waals surface area contributed by atoms with Gasteiger partial charge in [-0.25, -0.2) is 9.97 Å². The molecule has 2 aliphatic heterocycles. The van der Waals surface area contributed by atoms with Crippen LogP contribution in [-0.4, -0.2) is 62.2 Å². The number of piperidine rings is 2. The second kappa shape index (κ2) is 12.0. The Morgan fingerprint density at radius 3 is 2.36 bits per heavy atom. The van der Waals surface area contributed by atoms with Crippen LogP contribution in [0.2, 0.25) is 0 Å². The highest BCUT2D eigenvalue weighted by molar-refractivity contribution is 6.09. The first-order chi connectivity index (χ1) is 22.0. The maximum absolute atomic E-state index is 13.9. The van der Waals surface area contributed by atoms with Crippen molar-refractivity contribution in [3.05, 3.63) is 108 Å². The van der Waals surface area contributed by atoms with E-state index < -0.39 is 5.41 Å². The lowest BCUT2D eigenvalue weighted by Crippen LogP contribution is -2.45. The Morgan fingerprint density at radius 1 is 0.844 bits per heavy atom. The highest BCUT2D eigenvalue weighted by atomic mass is 16.5. The summed E-state index contributed by atoms with van der Waals surface area (Å²) in [4.78, 5) is 40.8. The quantitative estimate of drug-likeness (QED) is 0.245. The van der Waals surface area contributed by atoms with E-state index in [1.165, 1.54) is 0 Å². The summed E-state index contributed by atoms with van der Waals surface area (Å²) in [5.74, 6) is 0.272. The summed E-state index contributed by atoms with van der Waals surface area (Å²) < 4.78 is 8.07. The molecule has 0 spiro atoms. The largest absolute Gasteiger partial charge is 0.487 e. The van der Waals surface area contributed by atoms with Crippen molar-refractivity contribution in [3.8, 4) is 11.8 Å². The molecule has 9 heteroatoms. The topological polar surface area (TPSA) is 104 Å². The zero-order valence-electron chi connectivity index (χ0n) is 25.1. The van der Waals surface area contributed by atoms with Crippen LogP contribution in [0.25, 0.3) is 16.6 Å². The molecular weight excluding hydrogens is 564 g/mol. The van der Waals surface area contributed by atoms with E-state index in [9.17, 15) is 14.9 Å². The molecule has 45 heavy (non-hydrogen) atoms. The second-order valence-electron chi connectivity index (χ2n) is 11.9. The summed E-state index contributed by atoms with van der Waals surface area (Å²) in [5, 5.41) is 10.8. The van der Waals surface area contributed by atoms with Gasteiger partial charge in [0.15, 0.2) is 0 Å². The number of amides is 2. The number of nitriles is 1. The van der Waals surface area contributed by atoms with Crippen molar-refractivity contribution in [2.24, 2.45) is 0 Å². The Kier molecular flexibility index (Phi) is 7.64. The minimum Gasteiger partial charge on any atom is -0.487 e. The van der Waals surface area contributed by atoms with E-state index >= 15 is 0 Å². The number of aromatic nitrogens is 3. The highest BCUT2D eigenvalue weighted by Gasteiger charge is 2.38. The Labute approximate surface area is 261 Å². The number of ether oxygens (including phenoxy) is 1. The first-order valence-corrected chi connectivity index (χ1v) is 15.6. The fraction of sp³-hybridized carbons (Fsp3) is 0.306. The summed E-state index contributed by atoms with van der Waals surface area (Å²) in [6.07, 6.45) is 7.99. The van der Waals surface area contributed by atoms with Crippen LogP contribution >= 0.6 is 0 Å². The third-order valence-electron chi connectivity index (χ3n) is 9.12. The lowest BCUT2D eigenvalue weighted by molar-refractivity contribution is 0.0686. The van der Waals surface area contributed by atoms with Crippen molar-refractivity contribution in [2.45, 2.75) is 44.1 Å². The lowest BCUT2D eigenvalue weighted by Gasteiger charge is -2.37. The van der Waals surface area contributed by atoms with Crippen LogP contribution in [0.5, 0.6) is 5.75 Å². The fourth-order valence-electron chi connectivity index (χ4n) is 6.54. The average molecular weight is 599 g/mol. The summed E-state index contributed by atoms with van der Waals surface area (Å²) in [5.41, 5.74) is 3.26. The molecule has 2 saturated heterocycles. The molecule has 5 heterocycles. The SMILES string of the molecule is N#CC1(c2ccccc2)CCN(C(=O)c2cc(C(=O)N3CCCCC3)c3cc(OCc4cn5ccccc5n4)ccc3n2)CC1. The van der Waals surface area contributed by atoms with Gasteiger partial charge < -0.3 is 18.9 Å². The Hall–Kier alpha value is -5.23. The number of imidazole rings is 1. The van der Waals surface area contributed by atoms with Crippen LogP contribution < -0.4 is 4.74 Å². The van der Waals surface area contributed by atoms with Crippen LogP contribution in [0.15, 0.2) is 85.2 Å². The number of likely N-dealkylation sites (tertiary alicyclic amines) is 2. The number of carbonyl (C=O) groups excluding carboxylic acids is 2. The van der Waals surface area contributed by atoms with E-state index in [0.29, 0.717) is 61.2 Å². The van der Waals surface area contributed by atoms with Crippen LogP contribution in [0, 0.1) is 11.3 Å². The Bertz CT molecular complexity index is 1880. The summed E-state index contributed by atoms with van der Waals surface area (Å²) in [6, 6.07) is 25.3. The van der Waals surface area contributed by atoms with Gasteiger partial charge in [0.05, 0.1) is 28.3 Å². The molecule has 2 aromatic carbocycles. The minimum absolute atomic E-state index is 0.0973. The first kappa shape index (κ1) is 28.5. The molecule has 5 aromatic rings. The predicted molar refractivity (Wildman–Crippen MR) is 170 cm³/mol. The van der Waals surface area contributed by atoms with Gasteiger partial charge in [0.25, 0.3) is 11.8 Å². The number of nitrogens with zero attached hydrogens (tertiary/aromatic N) is 6. The summed E-state index contributed by atoms with van der Waals surface area (Å²) >= 11 is 0. The van der Waals surface area contributed by atoms with Crippen molar-refractivity contribution in [2.75, 3.05) is 26.2 Å². The van der Waals surface area contributed by atoms with Gasteiger partial charge in [-0.1, -0.05) is 36.4 Å². The molecule has 2 amide bonds. The van der Waals surface area contributed by atoms with Crippen LogP contribution in [0.3, 0.4) is 0 Å². The lowest BCUT2D eigenvalue weighted by atomic mass is 9.74. The Morgan fingerprint density at radius 2 is 1.60 bits per heavy atom. The number of hydrogen-bond acceptors (Lipinski definition) is 6. The molecule has 0 saturated carbocycles. The predicted octanol–water partition coefficient (Wildman–Crippen LogP) is 5.79. The molecule has 9 nitrogen and oxygen atoms in total. The third kappa shape index (κ3) is 5.60. The summed E-state index contributed by atoms with van der Waals surface area (Å²) in [7, 11) is 0. The van der Waals surface area contributed by atoms with Crippen LogP contribution in [0.1, 0.15) is 64.2 Å². The number of hydrogen-bond donors (Lipinski definition) is 0. The van der Waals surface area contributed by atoms with Crippen LogP contribution in [-0.2, 0) is 12.0 Å². The Balaban J connectivity index is 1.16. The maximum Gasteiger partial charge on any atom is 0.272 e. The smallest absolute Gasteiger partial charge is 0.272 e. The molecule has 226 valence electrons. The fourth-order valence-corrected chi connectivity index (χ4v) is 6.54. The number of carbonyl (C=O) groups is 2. The third-order valence-corrected chi connectivity index (χ3v) is 9.12. The van der Waals surface area contributed by atoms with E-state index in [2.05, 4.69) is 11.1 Å². The van der Waals surface area contributed by atoms with Gasteiger partial charge in [0, 0.05) is 44.0 Å². The number of pyridine rings is 2. The highest BCUT2D eigenvalue weighted by Crippen LogP contribution is 2.35. The number of benzene rings is 2. The zero-order chi connectivity index (χ0) is 30.8. The summed E-state index contributed by atoms with van der Waals surface area (Å²) in [6.45, 7) is 2.53. The van der Waals surface area contributed by atoms with Gasteiger partial charge >= 0.3 is 0 Å². The van der Waals surface area contributed by atoms with Crippen molar-refractivity contribution in [1.82, 2.24) is 24.2 Å². The molecule has 0 bridgehead atoms. The van der Waals surface area contributed by atoms with Gasteiger partial charge in [-0.2, -0.15) is 5.26 Å². The standard InChI is InChI=1S/C36H34N6O3/c37-25-36(26-9-3-1-4-10-26)14-19-41(20-15-36)35(44)32-22-30(34(43)40-16-6-2-7-17-40)29-21-28(12-13-31(29)39-32)45-24-27-23-42-18-8-5-11-33(42)38-27/h1,3-5,8-13,18,21-23H,2,6-7,14-17,19-20,24H2. The van der Waals surface area contributed by atoms with E-state index in [0.717, 1.165) is 36.2 Å². The first-order valence-electron chi connectivity index (χ1n) is 15.6. The monoisotopic (exact) mass is 598 g/mol. The molecule has 0 radical (unpaired) electrons. The van der Waals surface area contributed by atoms with Gasteiger partial charge in [0.2, 0.25) is 0 Å². The van der Waals surface area contributed by atoms with Crippen molar-refractivity contribution in [3.63, 3.8) is 0 Å². The number of fused-ring (bicyclic) bond motifs is 2. The molecule has 0 unspecified atom stereocenters. The molecule has 0 aliphatic carbocycles. The van der Waals surface area contributed by atoms with E-state index in [4.69, 9.17) is 9.72 Å². The molecule has 2 aliphatic rings. The molecule has 2 fully saturated rings. The van der Waals surface area contributed by atoms with Gasteiger partial charge in [-0.3, -0.25) is 9.59 Å². The zero-order valence-corrected chi connectivity index (χ0v) is 25.1. The van der Waals surface area contributed by atoms with Gasteiger partial charge in [0.1, 0.15) is 23.7 Å².